The molecule has 1 N–H and O–H groups in total. The molecular formula is C19H12O6. The number of furan rings is 1. The van der Waals surface area contributed by atoms with Crippen LogP contribution in [0.5, 0.6) is 5.75 Å². The van der Waals surface area contributed by atoms with E-state index < -0.39 is 11.6 Å². The first-order chi connectivity index (χ1) is 12.1. The fraction of sp³-hybridized carbons (Fsp3) is 0.0526. The van der Waals surface area contributed by atoms with Crippen molar-refractivity contribution in [1.29, 1.82) is 0 Å². The summed E-state index contributed by atoms with van der Waals surface area (Å²) in [5.41, 5.74) is 0.0178. The summed E-state index contributed by atoms with van der Waals surface area (Å²) in [4.78, 5) is 22.9. The highest BCUT2D eigenvalue weighted by molar-refractivity contribution is 6.04. The number of benzene rings is 2. The average Bonchev–Trinajstić information content (AvgIpc) is 3.09. The normalized spacial score (nSPS) is 11.0. The SMILES string of the molecule is O=C(O)c1ccc(COc2ccc3c(c2)oc(=O)c2ccccc23)o1. The van der Waals surface area contributed by atoms with Gasteiger partial charge in [-0.2, -0.15) is 0 Å². The quantitative estimate of drug-likeness (QED) is 0.450. The third-order valence-corrected chi connectivity index (χ3v) is 3.85. The predicted octanol–water partition coefficient (Wildman–Crippen LogP) is 3.82. The predicted molar refractivity (Wildman–Crippen MR) is 90.0 cm³/mol. The lowest BCUT2D eigenvalue weighted by Crippen LogP contribution is -2.00. The van der Waals surface area contributed by atoms with Crippen LogP contribution in [0.3, 0.4) is 0 Å². The first-order valence-electron chi connectivity index (χ1n) is 7.52. The second-order valence-corrected chi connectivity index (χ2v) is 5.45. The van der Waals surface area contributed by atoms with Crippen LogP contribution in [0.4, 0.5) is 0 Å². The lowest BCUT2D eigenvalue weighted by molar-refractivity contribution is 0.0658. The van der Waals surface area contributed by atoms with Crippen LogP contribution in [0.15, 0.2) is 68.2 Å². The van der Waals surface area contributed by atoms with Crippen LogP contribution in [0, 0.1) is 0 Å². The molecule has 124 valence electrons. The summed E-state index contributed by atoms with van der Waals surface area (Å²) >= 11 is 0. The maximum Gasteiger partial charge on any atom is 0.371 e. The van der Waals surface area contributed by atoms with Crippen LogP contribution < -0.4 is 10.4 Å². The number of hydrogen-bond donors (Lipinski definition) is 1. The van der Waals surface area contributed by atoms with E-state index in [0.29, 0.717) is 22.5 Å². The van der Waals surface area contributed by atoms with Crippen molar-refractivity contribution in [2.75, 3.05) is 0 Å². The number of hydrogen-bond acceptors (Lipinski definition) is 5. The Kier molecular flexibility index (Phi) is 3.50. The molecule has 0 atom stereocenters. The standard InChI is InChI=1S/C19H12O6/c20-18(21)16-8-6-12(24-16)10-23-11-5-7-14-13-3-1-2-4-15(13)19(22)25-17(14)9-11/h1-9H,10H2,(H,20,21). The molecule has 0 fully saturated rings. The maximum absolute atomic E-state index is 12.1. The van der Waals surface area contributed by atoms with Crippen molar-refractivity contribution in [2.24, 2.45) is 0 Å². The number of carbonyl (C=O) groups is 1. The summed E-state index contributed by atoms with van der Waals surface area (Å²) in [5, 5.41) is 11.0. The molecule has 2 aromatic heterocycles. The zero-order chi connectivity index (χ0) is 17.4. The van der Waals surface area contributed by atoms with E-state index in [4.69, 9.17) is 18.7 Å². The van der Waals surface area contributed by atoms with E-state index in [9.17, 15) is 9.59 Å². The van der Waals surface area contributed by atoms with Gasteiger partial charge in [0.1, 0.15) is 23.7 Å². The zero-order valence-electron chi connectivity index (χ0n) is 12.9. The molecule has 2 heterocycles. The minimum atomic E-state index is -1.13. The van der Waals surface area contributed by atoms with E-state index in [1.165, 1.54) is 12.1 Å². The Hall–Kier alpha value is -3.54. The summed E-state index contributed by atoms with van der Waals surface area (Å²) < 4.78 is 16.1. The molecule has 6 heteroatoms. The number of rotatable bonds is 4. The minimum Gasteiger partial charge on any atom is -0.486 e. The lowest BCUT2D eigenvalue weighted by Gasteiger charge is -2.06. The van der Waals surface area contributed by atoms with Crippen LogP contribution in [0.25, 0.3) is 21.7 Å². The highest BCUT2D eigenvalue weighted by atomic mass is 16.5. The van der Waals surface area contributed by atoms with E-state index in [2.05, 4.69) is 0 Å². The van der Waals surface area contributed by atoms with Crippen molar-refractivity contribution < 1.29 is 23.5 Å². The van der Waals surface area contributed by atoms with Gasteiger partial charge in [-0.3, -0.25) is 0 Å². The molecule has 0 radical (unpaired) electrons. The number of carboxylic acids is 1. The first kappa shape index (κ1) is 15.0. The van der Waals surface area contributed by atoms with Crippen LogP contribution in [0.2, 0.25) is 0 Å². The van der Waals surface area contributed by atoms with Crippen LogP contribution in [-0.4, -0.2) is 11.1 Å². The third kappa shape index (κ3) is 2.74. The summed E-state index contributed by atoms with van der Waals surface area (Å²) in [6, 6.07) is 15.4. The minimum absolute atomic E-state index is 0.0661. The molecule has 0 aliphatic carbocycles. The fourth-order valence-corrected chi connectivity index (χ4v) is 2.68. The molecule has 4 rings (SSSR count). The van der Waals surface area contributed by atoms with Crippen molar-refractivity contribution >= 4 is 27.7 Å². The number of carboxylic acid groups (broad SMARTS) is 1. The van der Waals surface area contributed by atoms with Gasteiger partial charge in [-0.1, -0.05) is 18.2 Å². The molecule has 4 aromatic rings. The molecule has 6 nitrogen and oxygen atoms in total. The summed E-state index contributed by atoms with van der Waals surface area (Å²) in [5.74, 6) is -0.406. The Bertz CT molecular complexity index is 1150. The van der Waals surface area contributed by atoms with Gasteiger partial charge in [0.25, 0.3) is 0 Å². The Morgan fingerprint density at radius 3 is 2.52 bits per heavy atom. The van der Waals surface area contributed by atoms with E-state index in [1.54, 1.807) is 24.3 Å². The van der Waals surface area contributed by atoms with Crippen molar-refractivity contribution in [3.63, 3.8) is 0 Å². The number of ether oxygens (including phenoxy) is 1. The molecule has 0 amide bonds. The van der Waals surface area contributed by atoms with Crippen molar-refractivity contribution in [1.82, 2.24) is 0 Å². The second kappa shape index (κ2) is 5.83. The van der Waals surface area contributed by atoms with Crippen LogP contribution in [0.1, 0.15) is 16.3 Å². The van der Waals surface area contributed by atoms with Crippen molar-refractivity contribution in [2.45, 2.75) is 6.61 Å². The van der Waals surface area contributed by atoms with E-state index in [0.717, 1.165) is 10.8 Å². The van der Waals surface area contributed by atoms with Gasteiger partial charge >= 0.3 is 11.6 Å². The smallest absolute Gasteiger partial charge is 0.371 e. The van der Waals surface area contributed by atoms with E-state index >= 15 is 0 Å². The first-order valence-corrected chi connectivity index (χ1v) is 7.52. The zero-order valence-corrected chi connectivity index (χ0v) is 12.9. The largest absolute Gasteiger partial charge is 0.486 e. The Balaban J connectivity index is 1.65. The van der Waals surface area contributed by atoms with E-state index in [1.807, 2.05) is 18.2 Å². The molecule has 0 aliphatic rings. The topological polar surface area (TPSA) is 89.9 Å². The molecule has 0 spiro atoms. The van der Waals surface area contributed by atoms with Gasteiger partial charge in [0.05, 0.1) is 5.39 Å². The molecule has 0 saturated carbocycles. The molecular weight excluding hydrogens is 324 g/mol. The second-order valence-electron chi connectivity index (χ2n) is 5.45. The highest BCUT2D eigenvalue weighted by Gasteiger charge is 2.11. The van der Waals surface area contributed by atoms with Gasteiger partial charge in [-0.25, -0.2) is 9.59 Å². The fourth-order valence-electron chi connectivity index (χ4n) is 2.68. The molecule has 0 unspecified atom stereocenters. The molecule has 0 aliphatic heterocycles. The molecule has 25 heavy (non-hydrogen) atoms. The summed E-state index contributed by atoms with van der Waals surface area (Å²) in [7, 11) is 0. The summed E-state index contributed by atoms with van der Waals surface area (Å²) in [6.07, 6.45) is 0. The highest BCUT2D eigenvalue weighted by Crippen LogP contribution is 2.26. The molecule has 0 bridgehead atoms. The van der Waals surface area contributed by atoms with Crippen molar-refractivity contribution in [3.05, 3.63) is 76.5 Å². The van der Waals surface area contributed by atoms with E-state index in [-0.39, 0.29) is 12.4 Å². The molecule has 0 saturated heterocycles. The van der Waals surface area contributed by atoms with Crippen LogP contribution in [-0.2, 0) is 6.61 Å². The van der Waals surface area contributed by atoms with Gasteiger partial charge in [0.2, 0.25) is 5.76 Å². The van der Waals surface area contributed by atoms with Gasteiger partial charge in [-0.05, 0) is 35.7 Å². The Labute approximate surface area is 140 Å². The van der Waals surface area contributed by atoms with Gasteiger partial charge in [0, 0.05) is 11.5 Å². The molecule has 2 aromatic carbocycles. The monoisotopic (exact) mass is 336 g/mol. The Morgan fingerprint density at radius 1 is 0.960 bits per heavy atom. The Morgan fingerprint density at radius 2 is 1.76 bits per heavy atom. The van der Waals surface area contributed by atoms with Gasteiger partial charge in [0.15, 0.2) is 0 Å². The van der Waals surface area contributed by atoms with Gasteiger partial charge < -0.3 is 18.7 Å². The van der Waals surface area contributed by atoms with Crippen LogP contribution >= 0.6 is 0 Å². The third-order valence-electron chi connectivity index (χ3n) is 3.85. The maximum atomic E-state index is 12.1. The summed E-state index contributed by atoms with van der Waals surface area (Å²) in [6.45, 7) is 0.0661. The average molecular weight is 336 g/mol. The van der Waals surface area contributed by atoms with Gasteiger partial charge in [-0.15, -0.1) is 0 Å². The number of aromatic carboxylic acids is 1. The number of fused-ring (bicyclic) bond motifs is 3. The lowest BCUT2D eigenvalue weighted by atomic mass is 10.1. The van der Waals surface area contributed by atoms with Crippen molar-refractivity contribution in [3.8, 4) is 5.75 Å².